The number of methoxy groups -OCH3 is 1. The number of piperidine rings is 1. The van der Waals surface area contributed by atoms with Gasteiger partial charge in [-0.15, -0.1) is 0 Å². The minimum atomic E-state index is -0.565. The molecule has 2 amide bonds. The highest BCUT2D eigenvalue weighted by Crippen LogP contribution is 2.34. The maximum atomic E-state index is 12.6. The van der Waals surface area contributed by atoms with Crippen LogP contribution in [0.2, 0.25) is 0 Å². The van der Waals surface area contributed by atoms with Crippen LogP contribution in [0.1, 0.15) is 76.4 Å². The van der Waals surface area contributed by atoms with E-state index in [1.54, 1.807) is 7.11 Å². The summed E-state index contributed by atoms with van der Waals surface area (Å²) < 4.78 is 10.7. The van der Waals surface area contributed by atoms with Gasteiger partial charge in [0.15, 0.2) is 5.82 Å². The first kappa shape index (κ1) is 25.0. The number of anilines is 1. The van der Waals surface area contributed by atoms with Crippen LogP contribution in [-0.2, 0) is 21.5 Å². The number of nitrogens with zero attached hydrogens (tertiary/aromatic N) is 3. The van der Waals surface area contributed by atoms with Gasteiger partial charge in [0.2, 0.25) is 17.7 Å². The van der Waals surface area contributed by atoms with Crippen molar-refractivity contribution in [2.45, 2.75) is 82.7 Å². The van der Waals surface area contributed by atoms with Crippen LogP contribution in [0.15, 0.2) is 28.8 Å². The van der Waals surface area contributed by atoms with E-state index in [0.717, 1.165) is 70.2 Å². The molecule has 1 aromatic carbocycles. The molecular weight excluding hydrogens is 446 g/mol. The molecule has 1 saturated heterocycles. The number of ether oxygens (including phenoxy) is 1. The van der Waals surface area contributed by atoms with Gasteiger partial charge in [-0.25, -0.2) is 0 Å². The number of carbonyl (C=O) groups is 2. The number of aromatic nitrogens is 2. The van der Waals surface area contributed by atoms with Crippen LogP contribution in [0.4, 0.5) is 5.69 Å². The lowest BCUT2D eigenvalue weighted by Crippen LogP contribution is -2.45. The van der Waals surface area contributed by atoms with Crippen LogP contribution < -0.4 is 20.3 Å². The predicted octanol–water partition coefficient (Wildman–Crippen LogP) is 3.48. The van der Waals surface area contributed by atoms with Crippen LogP contribution >= 0.6 is 0 Å². The molecule has 0 bridgehead atoms. The number of hydrogen-bond acceptors (Lipinski definition) is 7. The third-order valence-corrected chi connectivity index (χ3v) is 7.13. The van der Waals surface area contributed by atoms with Crippen molar-refractivity contribution < 1.29 is 18.8 Å². The summed E-state index contributed by atoms with van der Waals surface area (Å²) in [5.74, 6) is 1.74. The molecule has 2 fully saturated rings. The van der Waals surface area contributed by atoms with E-state index in [1.807, 2.05) is 12.1 Å². The van der Waals surface area contributed by atoms with E-state index < -0.39 is 5.54 Å². The standard InChI is InChI=1S/C26H37N5O4/c1-19(32)29-26(15-5-3-4-6-16-26)25-28-24(35-30-25)12-11-23(33)27-20-13-17-31(18-14-20)21-7-9-22(34-2)10-8-21/h7-10,20H,3-6,11-18H2,1-2H3,(H,27,33)(H,29,32). The normalized spacial score (nSPS) is 18.5. The van der Waals surface area contributed by atoms with Crippen LogP contribution in [0.25, 0.3) is 0 Å². The first-order valence-electron chi connectivity index (χ1n) is 12.8. The highest BCUT2D eigenvalue weighted by atomic mass is 16.5. The number of hydrogen-bond donors (Lipinski definition) is 2. The molecular formula is C26H37N5O4. The van der Waals surface area contributed by atoms with Crippen molar-refractivity contribution in [1.82, 2.24) is 20.8 Å². The van der Waals surface area contributed by atoms with Gasteiger partial charge in [-0.2, -0.15) is 4.98 Å². The van der Waals surface area contributed by atoms with E-state index in [0.29, 0.717) is 24.6 Å². The van der Waals surface area contributed by atoms with E-state index in [1.165, 1.54) is 12.6 Å². The lowest BCUT2D eigenvalue weighted by atomic mass is 9.89. The minimum absolute atomic E-state index is 0.00121. The fourth-order valence-electron chi connectivity index (χ4n) is 5.22. The van der Waals surface area contributed by atoms with Crippen molar-refractivity contribution >= 4 is 17.5 Å². The summed E-state index contributed by atoms with van der Waals surface area (Å²) in [5, 5.41) is 10.5. The van der Waals surface area contributed by atoms with Gasteiger partial charge in [0.25, 0.3) is 0 Å². The van der Waals surface area contributed by atoms with Gasteiger partial charge >= 0.3 is 0 Å². The number of aryl methyl sites for hydroxylation is 1. The van der Waals surface area contributed by atoms with Crippen LogP contribution in [-0.4, -0.2) is 48.2 Å². The number of carbonyl (C=O) groups excluding carboxylic acids is 2. The second-order valence-corrected chi connectivity index (χ2v) is 9.72. The van der Waals surface area contributed by atoms with Gasteiger partial charge in [-0.3, -0.25) is 9.59 Å². The number of nitrogens with one attached hydrogen (secondary N) is 2. The van der Waals surface area contributed by atoms with Crippen LogP contribution in [0.5, 0.6) is 5.75 Å². The third kappa shape index (κ3) is 6.52. The third-order valence-electron chi connectivity index (χ3n) is 7.13. The molecule has 0 radical (unpaired) electrons. The molecule has 1 aliphatic heterocycles. The Labute approximate surface area is 207 Å². The Morgan fingerprint density at radius 2 is 1.80 bits per heavy atom. The SMILES string of the molecule is COc1ccc(N2CCC(NC(=O)CCc3nc(C4(NC(C)=O)CCCCCC4)no3)CC2)cc1. The molecule has 0 atom stereocenters. The summed E-state index contributed by atoms with van der Waals surface area (Å²) >= 11 is 0. The number of benzene rings is 1. The molecule has 2 heterocycles. The largest absolute Gasteiger partial charge is 0.497 e. The molecule has 1 saturated carbocycles. The molecule has 2 aromatic rings. The van der Waals surface area contributed by atoms with Gasteiger partial charge in [-0.1, -0.05) is 30.8 Å². The second-order valence-electron chi connectivity index (χ2n) is 9.72. The topological polar surface area (TPSA) is 110 Å². The summed E-state index contributed by atoms with van der Waals surface area (Å²) in [6.45, 7) is 3.32. The molecule has 4 rings (SSSR count). The highest BCUT2D eigenvalue weighted by molar-refractivity contribution is 5.76. The van der Waals surface area contributed by atoms with Crippen molar-refractivity contribution in [2.75, 3.05) is 25.1 Å². The minimum Gasteiger partial charge on any atom is -0.497 e. The number of rotatable bonds is 8. The van der Waals surface area contributed by atoms with Crippen molar-refractivity contribution in [1.29, 1.82) is 0 Å². The molecule has 1 aromatic heterocycles. The molecule has 9 nitrogen and oxygen atoms in total. The van der Waals surface area contributed by atoms with Gasteiger partial charge in [0.1, 0.15) is 11.3 Å². The quantitative estimate of drug-likeness (QED) is 0.553. The average Bonchev–Trinajstić information content (AvgIpc) is 3.23. The average molecular weight is 484 g/mol. The maximum Gasteiger partial charge on any atom is 0.227 e. The molecule has 0 unspecified atom stereocenters. The lowest BCUT2D eigenvalue weighted by molar-refractivity contribution is -0.122. The monoisotopic (exact) mass is 483 g/mol. The van der Waals surface area contributed by atoms with Crippen molar-refractivity contribution in [3.63, 3.8) is 0 Å². The molecule has 0 spiro atoms. The van der Waals surface area contributed by atoms with Crippen molar-refractivity contribution in [3.05, 3.63) is 36.0 Å². The van der Waals surface area contributed by atoms with Crippen molar-refractivity contribution in [3.8, 4) is 5.75 Å². The fraction of sp³-hybridized carbons (Fsp3) is 0.615. The molecule has 190 valence electrons. The fourth-order valence-corrected chi connectivity index (χ4v) is 5.22. The zero-order valence-corrected chi connectivity index (χ0v) is 20.8. The van der Waals surface area contributed by atoms with Gasteiger partial charge in [0.05, 0.1) is 7.11 Å². The van der Waals surface area contributed by atoms with Crippen LogP contribution in [0, 0.1) is 0 Å². The van der Waals surface area contributed by atoms with Gasteiger partial charge < -0.3 is 24.8 Å². The highest BCUT2D eigenvalue weighted by Gasteiger charge is 2.38. The zero-order valence-electron chi connectivity index (χ0n) is 20.8. The van der Waals surface area contributed by atoms with E-state index in [-0.39, 0.29) is 17.9 Å². The molecule has 1 aliphatic carbocycles. The Morgan fingerprint density at radius 3 is 2.43 bits per heavy atom. The first-order valence-corrected chi connectivity index (χ1v) is 12.8. The summed E-state index contributed by atoms with van der Waals surface area (Å²) in [5.41, 5.74) is 0.609. The lowest BCUT2D eigenvalue weighted by Gasteiger charge is -2.34. The van der Waals surface area contributed by atoms with E-state index in [9.17, 15) is 9.59 Å². The Balaban J connectivity index is 1.25. The Bertz CT molecular complexity index is 974. The van der Waals surface area contributed by atoms with E-state index in [2.05, 4.69) is 37.8 Å². The number of amides is 2. The Morgan fingerprint density at radius 1 is 1.11 bits per heavy atom. The summed E-state index contributed by atoms with van der Waals surface area (Å²) in [6.07, 6.45) is 8.43. The maximum absolute atomic E-state index is 12.6. The first-order chi connectivity index (χ1) is 17.0. The van der Waals surface area contributed by atoms with Gasteiger partial charge in [-0.05, 0) is 49.9 Å². The molecule has 35 heavy (non-hydrogen) atoms. The van der Waals surface area contributed by atoms with Crippen LogP contribution in [0.3, 0.4) is 0 Å². The Kier molecular flexibility index (Phi) is 8.25. The van der Waals surface area contributed by atoms with E-state index in [4.69, 9.17) is 9.26 Å². The second kappa shape index (κ2) is 11.6. The molecule has 2 aliphatic rings. The molecule has 2 N–H and O–H groups in total. The summed E-state index contributed by atoms with van der Waals surface area (Å²) in [4.78, 5) is 31.4. The predicted molar refractivity (Wildman–Crippen MR) is 132 cm³/mol. The van der Waals surface area contributed by atoms with E-state index >= 15 is 0 Å². The van der Waals surface area contributed by atoms with Crippen molar-refractivity contribution in [2.24, 2.45) is 0 Å². The summed E-state index contributed by atoms with van der Waals surface area (Å²) in [7, 11) is 1.67. The van der Waals surface area contributed by atoms with Gasteiger partial charge in [0, 0.05) is 44.6 Å². The zero-order chi connectivity index (χ0) is 24.7. The summed E-state index contributed by atoms with van der Waals surface area (Å²) in [6, 6.07) is 8.26. The molecule has 9 heteroatoms. The smallest absolute Gasteiger partial charge is 0.227 e. The Hall–Kier alpha value is -3.10.